The third-order valence-corrected chi connectivity index (χ3v) is 4.28. The van der Waals surface area contributed by atoms with E-state index in [0.717, 1.165) is 11.1 Å². The van der Waals surface area contributed by atoms with E-state index in [4.69, 9.17) is 9.47 Å². The molecule has 5 nitrogen and oxygen atoms in total. The van der Waals surface area contributed by atoms with Crippen molar-refractivity contribution >= 4 is 18.1 Å². The predicted molar refractivity (Wildman–Crippen MR) is 102 cm³/mol. The van der Waals surface area contributed by atoms with Gasteiger partial charge in [0.2, 0.25) is 0 Å². The average Bonchev–Trinajstić information content (AvgIpc) is 2.97. The van der Waals surface area contributed by atoms with E-state index >= 15 is 0 Å². The Morgan fingerprint density at radius 3 is 2.31 bits per heavy atom. The Balaban J connectivity index is 2.20. The van der Waals surface area contributed by atoms with Crippen LogP contribution >= 0.6 is 0 Å². The van der Waals surface area contributed by atoms with Crippen molar-refractivity contribution < 1.29 is 19.1 Å². The molecule has 1 aliphatic heterocycles. The Morgan fingerprint density at radius 1 is 1.19 bits per heavy atom. The molecule has 142 valence electrons. The number of benzene rings is 1. The van der Waals surface area contributed by atoms with E-state index < -0.39 is 23.7 Å². The second-order valence-corrected chi connectivity index (χ2v) is 7.98. The highest BCUT2D eigenvalue weighted by molar-refractivity contribution is 5.84. The van der Waals surface area contributed by atoms with Crippen molar-refractivity contribution in [3.63, 3.8) is 0 Å². The zero-order valence-electron chi connectivity index (χ0n) is 16.5. The minimum atomic E-state index is -0.643. The molecular formula is C21H29NO4. The molecular weight excluding hydrogens is 330 g/mol. The lowest BCUT2D eigenvalue weighted by atomic mass is 10.0. The van der Waals surface area contributed by atoms with E-state index in [2.05, 4.69) is 38.1 Å². The number of ether oxygens (including phenoxy) is 2. The van der Waals surface area contributed by atoms with Gasteiger partial charge in [0.15, 0.2) is 0 Å². The van der Waals surface area contributed by atoms with Crippen molar-refractivity contribution in [1.29, 1.82) is 0 Å². The van der Waals surface area contributed by atoms with Gasteiger partial charge < -0.3 is 9.47 Å². The monoisotopic (exact) mass is 359 g/mol. The quantitative estimate of drug-likeness (QED) is 0.752. The van der Waals surface area contributed by atoms with Gasteiger partial charge in [-0.05, 0) is 43.4 Å². The van der Waals surface area contributed by atoms with Crippen LogP contribution in [-0.2, 0) is 14.3 Å². The van der Waals surface area contributed by atoms with Gasteiger partial charge in [0.05, 0.1) is 7.11 Å². The Bertz CT molecular complexity index is 683. The van der Waals surface area contributed by atoms with E-state index in [1.54, 1.807) is 20.8 Å². The van der Waals surface area contributed by atoms with Crippen molar-refractivity contribution in [1.82, 2.24) is 4.90 Å². The third-order valence-electron chi connectivity index (χ3n) is 4.28. The molecule has 0 saturated carbocycles. The Kier molecular flexibility index (Phi) is 6.11. The first-order valence-electron chi connectivity index (χ1n) is 8.97. The SMILES string of the molecule is COC(=O)[C@@H]1C/C(=C\c2ccc(C(C)C)cc2)CN1C(=O)OC(C)(C)C. The van der Waals surface area contributed by atoms with Crippen LogP contribution in [0.2, 0.25) is 0 Å². The van der Waals surface area contributed by atoms with Gasteiger partial charge in [-0.3, -0.25) is 4.90 Å². The van der Waals surface area contributed by atoms with Crippen LogP contribution in [0.4, 0.5) is 4.79 Å². The predicted octanol–water partition coefficient (Wildman–Crippen LogP) is 4.38. The molecule has 0 radical (unpaired) electrons. The zero-order chi connectivity index (χ0) is 19.5. The van der Waals surface area contributed by atoms with E-state index in [9.17, 15) is 9.59 Å². The average molecular weight is 359 g/mol. The molecule has 1 aromatic carbocycles. The summed E-state index contributed by atoms with van der Waals surface area (Å²) in [6.45, 7) is 10.1. The summed E-state index contributed by atoms with van der Waals surface area (Å²) in [4.78, 5) is 26.0. The van der Waals surface area contributed by atoms with E-state index in [1.165, 1.54) is 17.6 Å². The Morgan fingerprint density at radius 2 is 1.81 bits per heavy atom. The number of methoxy groups -OCH3 is 1. The molecule has 0 bridgehead atoms. The van der Waals surface area contributed by atoms with E-state index in [-0.39, 0.29) is 0 Å². The number of esters is 1. The van der Waals surface area contributed by atoms with Gasteiger partial charge in [0.25, 0.3) is 0 Å². The van der Waals surface area contributed by atoms with Crippen molar-refractivity contribution in [2.45, 2.75) is 58.6 Å². The minimum Gasteiger partial charge on any atom is -0.467 e. The van der Waals surface area contributed by atoms with Crippen molar-refractivity contribution in [2.24, 2.45) is 0 Å². The Labute approximate surface area is 156 Å². The number of carbonyl (C=O) groups excluding carboxylic acids is 2. The van der Waals surface area contributed by atoms with Crippen molar-refractivity contribution in [3.8, 4) is 0 Å². The minimum absolute atomic E-state index is 0.362. The molecule has 1 amide bonds. The second-order valence-electron chi connectivity index (χ2n) is 7.98. The number of nitrogens with zero attached hydrogens (tertiary/aromatic N) is 1. The number of carbonyl (C=O) groups is 2. The number of likely N-dealkylation sites (tertiary alicyclic amines) is 1. The maximum Gasteiger partial charge on any atom is 0.411 e. The van der Waals surface area contributed by atoms with E-state index in [0.29, 0.717) is 18.9 Å². The normalized spacial score (nSPS) is 19.1. The summed E-state index contributed by atoms with van der Waals surface area (Å²) in [6, 6.07) is 7.69. The molecule has 0 spiro atoms. The largest absolute Gasteiger partial charge is 0.467 e. The number of hydrogen-bond donors (Lipinski definition) is 0. The second kappa shape index (κ2) is 7.94. The van der Waals surface area contributed by atoms with Gasteiger partial charge in [0, 0.05) is 13.0 Å². The van der Waals surface area contributed by atoms with Crippen LogP contribution < -0.4 is 0 Å². The fraction of sp³-hybridized carbons (Fsp3) is 0.524. The molecule has 0 aliphatic carbocycles. The first kappa shape index (κ1) is 20.0. The lowest BCUT2D eigenvalue weighted by molar-refractivity contribution is -0.145. The van der Waals surface area contributed by atoms with Crippen LogP contribution in [0.15, 0.2) is 29.8 Å². The van der Waals surface area contributed by atoms with Crippen LogP contribution in [0.1, 0.15) is 58.1 Å². The lowest BCUT2D eigenvalue weighted by Gasteiger charge is -2.27. The third kappa shape index (κ3) is 5.10. The molecule has 26 heavy (non-hydrogen) atoms. The summed E-state index contributed by atoms with van der Waals surface area (Å²) < 4.78 is 10.3. The van der Waals surface area contributed by atoms with Gasteiger partial charge in [-0.25, -0.2) is 9.59 Å². The molecule has 1 aromatic rings. The fourth-order valence-electron chi connectivity index (χ4n) is 2.93. The van der Waals surface area contributed by atoms with Crippen LogP contribution in [0.25, 0.3) is 6.08 Å². The highest BCUT2D eigenvalue weighted by atomic mass is 16.6. The summed E-state index contributed by atoms with van der Waals surface area (Å²) in [5.74, 6) is 0.0592. The molecule has 0 unspecified atom stereocenters. The highest BCUT2D eigenvalue weighted by Gasteiger charge is 2.39. The molecule has 1 atom stereocenters. The van der Waals surface area contributed by atoms with Gasteiger partial charge in [-0.15, -0.1) is 0 Å². The van der Waals surface area contributed by atoms with Crippen LogP contribution in [0.5, 0.6) is 0 Å². The molecule has 1 saturated heterocycles. The lowest BCUT2D eigenvalue weighted by Crippen LogP contribution is -2.43. The maximum absolute atomic E-state index is 12.5. The molecule has 0 aromatic heterocycles. The summed E-state index contributed by atoms with van der Waals surface area (Å²) in [5, 5.41) is 0. The first-order valence-corrected chi connectivity index (χ1v) is 8.97. The summed E-state index contributed by atoms with van der Waals surface area (Å²) in [7, 11) is 1.34. The number of rotatable bonds is 3. The van der Waals surface area contributed by atoms with Gasteiger partial charge in [-0.1, -0.05) is 44.2 Å². The summed E-state index contributed by atoms with van der Waals surface area (Å²) in [5.41, 5.74) is 2.72. The fourth-order valence-corrected chi connectivity index (χ4v) is 2.93. The van der Waals surface area contributed by atoms with Crippen molar-refractivity contribution in [2.75, 3.05) is 13.7 Å². The van der Waals surface area contributed by atoms with E-state index in [1.807, 2.05) is 6.08 Å². The van der Waals surface area contributed by atoms with Crippen molar-refractivity contribution in [3.05, 3.63) is 41.0 Å². The van der Waals surface area contributed by atoms with Gasteiger partial charge >= 0.3 is 12.1 Å². The standard InChI is InChI=1S/C21H29NO4/c1-14(2)17-9-7-15(8-10-17)11-16-12-18(19(23)25-6)22(13-16)20(24)26-21(3,4)5/h7-11,14,18H,12-13H2,1-6H3/b16-11+/t18-/m0/s1. The summed E-state index contributed by atoms with van der Waals surface area (Å²) >= 11 is 0. The van der Waals surface area contributed by atoms with Gasteiger partial charge in [-0.2, -0.15) is 0 Å². The molecule has 0 N–H and O–H groups in total. The number of amides is 1. The molecule has 5 heteroatoms. The molecule has 1 fully saturated rings. The zero-order valence-corrected chi connectivity index (χ0v) is 16.5. The molecule has 2 rings (SSSR count). The smallest absolute Gasteiger partial charge is 0.411 e. The highest BCUT2D eigenvalue weighted by Crippen LogP contribution is 2.28. The maximum atomic E-state index is 12.5. The van der Waals surface area contributed by atoms with Crippen LogP contribution in [-0.4, -0.2) is 42.3 Å². The van der Waals surface area contributed by atoms with Crippen LogP contribution in [0.3, 0.4) is 0 Å². The molecule has 1 aliphatic rings. The number of hydrogen-bond acceptors (Lipinski definition) is 4. The van der Waals surface area contributed by atoms with Crippen LogP contribution in [0, 0.1) is 0 Å². The molecule has 1 heterocycles. The Hall–Kier alpha value is -2.30. The topological polar surface area (TPSA) is 55.8 Å². The van der Waals surface area contributed by atoms with Gasteiger partial charge in [0.1, 0.15) is 11.6 Å². The first-order chi connectivity index (χ1) is 12.1. The summed E-state index contributed by atoms with van der Waals surface area (Å²) in [6.07, 6.45) is 1.99.